The minimum Gasteiger partial charge on any atom is -0.481 e. The summed E-state index contributed by atoms with van der Waals surface area (Å²) in [7, 11) is 0. The van der Waals surface area contributed by atoms with Crippen LogP contribution in [-0.2, 0) is 16.1 Å². The lowest BCUT2D eigenvalue weighted by Gasteiger charge is -2.08. The van der Waals surface area contributed by atoms with Crippen molar-refractivity contribution in [2.75, 3.05) is 0 Å². The number of nitrogens with one attached hydrogen (secondary N) is 1. The van der Waals surface area contributed by atoms with Crippen molar-refractivity contribution < 1.29 is 14.7 Å². The van der Waals surface area contributed by atoms with E-state index in [1.807, 2.05) is 24.3 Å². The van der Waals surface area contributed by atoms with Crippen LogP contribution in [0.25, 0.3) is 0 Å². The van der Waals surface area contributed by atoms with Gasteiger partial charge in [0.05, 0.1) is 5.92 Å². The molecule has 0 aliphatic heterocycles. The van der Waals surface area contributed by atoms with Gasteiger partial charge < -0.3 is 10.4 Å². The highest BCUT2D eigenvalue weighted by Gasteiger charge is 2.15. The summed E-state index contributed by atoms with van der Waals surface area (Å²) in [6.07, 6.45) is 0.00331. The molecule has 0 aromatic heterocycles. The van der Waals surface area contributed by atoms with Crippen molar-refractivity contribution in [3.05, 3.63) is 34.3 Å². The molecule has 92 valence electrons. The zero-order valence-corrected chi connectivity index (χ0v) is 11.0. The van der Waals surface area contributed by atoms with Crippen molar-refractivity contribution in [2.24, 2.45) is 5.92 Å². The molecule has 0 heterocycles. The zero-order valence-electron chi connectivity index (χ0n) is 9.44. The Morgan fingerprint density at radius 3 is 2.76 bits per heavy atom. The number of carboxylic acids is 1. The van der Waals surface area contributed by atoms with Crippen LogP contribution in [-0.4, -0.2) is 17.0 Å². The molecule has 0 saturated carbocycles. The number of amides is 1. The van der Waals surface area contributed by atoms with E-state index < -0.39 is 11.9 Å². The topological polar surface area (TPSA) is 66.4 Å². The van der Waals surface area contributed by atoms with Crippen molar-refractivity contribution in [3.63, 3.8) is 0 Å². The summed E-state index contributed by atoms with van der Waals surface area (Å²) in [4.78, 5) is 22.0. The van der Waals surface area contributed by atoms with Gasteiger partial charge in [-0.05, 0) is 17.7 Å². The van der Waals surface area contributed by atoms with Crippen molar-refractivity contribution in [1.29, 1.82) is 0 Å². The first-order valence-electron chi connectivity index (χ1n) is 5.23. The molecule has 0 aliphatic carbocycles. The van der Waals surface area contributed by atoms with E-state index in [-0.39, 0.29) is 12.3 Å². The number of halogens is 1. The van der Waals surface area contributed by atoms with Crippen LogP contribution >= 0.6 is 15.9 Å². The van der Waals surface area contributed by atoms with Gasteiger partial charge >= 0.3 is 5.97 Å². The third kappa shape index (κ3) is 4.99. The molecule has 5 heteroatoms. The summed E-state index contributed by atoms with van der Waals surface area (Å²) in [5.74, 6) is -1.86. The quantitative estimate of drug-likeness (QED) is 0.876. The lowest BCUT2D eigenvalue weighted by atomic mass is 10.1. The maximum absolute atomic E-state index is 11.4. The van der Waals surface area contributed by atoms with E-state index in [0.29, 0.717) is 6.54 Å². The Kier molecular flexibility index (Phi) is 5.15. The van der Waals surface area contributed by atoms with Crippen LogP contribution < -0.4 is 5.32 Å². The van der Waals surface area contributed by atoms with E-state index >= 15 is 0 Å². The molecule has 0 saturated heterocycles. The maximum atomic E-state index is 11.4. The van der Waals surface area contributed by atoms with Gasteiger partial charge in [0.25, 0.3) is 0 Å². The minimum atomic E-state index is -0.956. The van der Waals surface area contributed by atoms with Crippen molar-refractivity contribution in [2.45, 2.75) is 19.9 Å². The highest BCUT2D eigenvalue weighted by Crippen LogP contribution is 2.11. The van der Waals surface area contributed by atoms with Gasteiger partial charge in [-0.2, -0.15) is 0 Å². The molecular weight excluding hydrogens is 286 g/mol. The maximum Gasteiger partial charge on any atom is 0.306 e. The van der Waals surface area contributed by atoms with Gasteiger partial charge in [0.1, 0.15) is 0 Å². The largest absolute Gasteiger partial charge is 0.481 e. The minimum absolute atomic E-state index is 0.00331. The Morgan fingerprint density at radius 2 is 2.18 bits per heavy atom. The van der Waals surface area contributed by atoms with Gasteiger partial charge in [-0.25, -0.2) is 0 Å². The van der Waals surface area contributed by atoms with Crippen molar-refractivity contribution in [1.82, 2.24) is 5.32 Å². The smallest absolute Gasteiger partial charge is 0.306 e. The first kappa shape index (κ1) is 13.7. The van der Waals surface area contributed by atoms with E-state index in [9.17, 15) is 9.59 Å². The van der Waals surface area contributed by atoms with Gasteiger partial charge in [0.15, 0.2) is 0 Å². The summed E-state index contributed by atoms with van der Waals surface area (Å²) >= 11 is 3.34. The second-order valence-electron chi connectivity index (χ2n) is 3.85. The van der Waals surface area contributed by atoms with Gasteiger partial charge in [-0.15, -0.1) is 0 Å². The molecule has 17 heavy (non-hydrogen) atoms. The molecule has 1 atom stereocenters. The van der Waals surface area contributed by atoms with Crippen LogP contribution in [0.1, 0.15) is 18.9 Å². The first-order chi connectivity index (χ1) is 7.99. The molecule has 0 bridgehead atoms. The third-order valence-electron chi connectivity index (χ3n) is 2.29. The number of benzene rings is 1. The Bertz CT molecular complexity index is 420. The van der Waals surface area contributed by atoms with E-state index in [0.717, 1.165) is 10.0 Å². The van der Waals surface area contributed by atoms with Gasteiger partial charge in [0, 0.05) is 17.4 Å². The number of aliphatic carboxylic acids is 1. The zero-order chi connectivity index (χ0) is 12.8. The van der Waals surface area contributed by atoms with Crippen LogP contribution in [0.5, 0.6) is 0 Å². The fourth-order valence-electron chi connectivity index (χ4n) is 1.29. The number of hydrogen-bond acceptors (Lipinski definition) is 2. The molecule has 1 aromatic rings. The molecule has 1 aromatic carbocycles. The molecule has 1 unspecified atom stereocenters. The standard InChI is InChI=1S/C12H14BrNO3/c1-8(12(16)17)5-11(15)14-7-9-3-2-4-10(13)6-9/h2-4,6,8H,5,7H2,1H3,(H,14,15)(H,16,17). The first-order valence-corrected chi connectivity index (χ1v) is 6.02. The number of carbonyl (C=O) groups excluding carboxylic acids is 1. The number of rotatable bonds is 5. The second-order valence-corrected chi connectivity index (χ2v) is 4.77. The van der Waals surface area contributed by atoms with Crippen LogP contribution in [0.4, 0.5) is 0 Å². The molecule has 0 spiro atoms. The molecule has 1 rings (SSSR count). The Hall–Kier alpha value is -1.36. The predicted molar refractivity (Wildman–Crippen MR) is 67.4 cm³/mol. The summed E-state index contributed by atoms with van der Waals surface area (Å²) in [6.45, 7) is 1.92. The van der Waals surface area contributed by atoms with E-state index in [1.54, 1.807) is 0 Å². The summed E-state index contributed by atoms with van der Waals surface area (Å²) in [5, 5.41) is 11.4. The lowest BCUT2D eigenvalue weighted by molar-refractivity contribution is -0.143. The fraction of sp³-hybridized carbons (Fsp3) is 0.333. The molecule has 4 nitrogen and oxygen atoms in total. The van der Waals surface area contributed by atoms with Crippen molar-refractivity contribution in [3.8, 4) is 0 Å². The monoisotopic (exact) mass is 299 g/mol. The van der Waals surface area contributed by atoms with Gasteiger partial charge in [0.2, 0.25) is 5.91 Å². The number of hydrogen-bond donors (Lipinski definition) is 2. The van der Waals surface area contributed by atoms with E-state index in [4.69, 9.17) is 5.11 Å². The van der Waals surface area contributed by atoms with Crippen LogP contribution in [0.2, 0.25) is 0 Å². The fourth-order valence-corrected chi connectivity index (χ4v) is 1.73. The van der Waals surface area contributed by atoms with Crippen LogP contribution in [0.15, 0.2) is 28.7 Å². The molecule has 0 fully saturated rings. The third-order valence-corrected chi connectivity index (χ3v) is 2.79. The lowest BCUT2D eigenvalue weighted by Crippen LogP contribution is -2.26. The Balaban J connectivity index is 2.41. The van der Waals surface area contributed by atoms with Gasteiger partial charge in [-0.3, -0.25) is 9.59 Å². The summed E-state index contributed by atoms with van der Waals surface area (Å²) in [6, 6.07) is 7.58. The summed E-state index contributed by atoms with van der Waals surface area (Å²) < 4.78 is 0.947. The SMILES string of the molecule is CC(CC(=O)NCc1cccc(Br)c1)C(=O)O. The molecular formula is C12H14BrNO3. The average Bonchev–Trinajstić information content (AvgIpc) is 2.26. The van der Waals surface area contributed by atoms with E-state index in [2.05, 4.69) is 21.2 Å². The number of carboxylic acid groups (broad SMARTS) is 1. The highest BCUT2D eigenvalue weighted by molar-refractivity contribution is 9.10. The van der Waals surface area contributed by atoms with Crippen molar-refractivity contribution >= 4 is 27.8 Å². The molecule has 2 N–H and O–H groups in total. The normalized spacial score (nSPS) is 11.9. The Labute approximate surface area is 108 Å². The predicted octanol–water partition coefficient (Wildman–Crippen LogP) is 2.18. The Morgan fingerprint density at radius 1 is 1.47 bits per heavy atom. The number of carbonyl (C=O) groups is 2. The van der Waals surface area contributed by atoms with Crippen LogP contribution in [0.3, 0.4) is 0 Å². The molecule has 0 aliphatic rings. The summed E-state index contributed by atoms with van der Waals surface area (Å²) in [5.41, 5.74) is 0.968. The van der Waals surface area contributed by atoms with Crippen LogP contribution in [0, 0.1) is 5.92 Å². The second kappa shape index (κ2) is 6.39. The molecule has 0 radical (unpaired) electrons. The molecule has 1 amide bonds. The average molecular weight is 300 g/mol. The van der Waals surface area contributed by atoms with E-state index in [1.165, 1.54) is 6.92 Å². The van der Waals surface area contributed by atoms with Gasteiger partial charge in [-0.1, -0.05) is 35.0 Å². The highest BCUT2D eigenvalue weighted by atomic mass is 79.9.